The zero-order valence-electron chi connectivity index (χ0n) is 7.02. The van der Waals surface area contributed by atoms with Crippen LogP contribution in [0.15, 0.2) is 17.2 Å². The van der Waals surface area contributed by atoms with Gasteiger partial charge in [-0.3, -0.25) is 9.89 Å². The van der Waals surface area contributed by atoms with Crippen LogP contribution in [0.1, 0.15) is 5.69 Å². The van der Waals surface area contributed by atoms with Crippen molar-refractivity contribution in [3.63, 3.8) is 0 Å². The molecule has 0 atom stereocenters. The quantitative estimate of drug-likeness (QED) is 0.749. The van der Waals surface area contributed by atoms with Crippen LogP contribution in [0.25, 0.3) is 5.78 Å². The van der Waals surface area contributed by atoms with Crippen LogP contribution < -0.4 is 5.56 Å². The smallest absolute Gasteiger partial charge is 0.274 e. The van der Waals surface area contributed by atoms with E-state index in [2.05, 4.69) is 15.1 Å². The molecule has 0 unspecified atom stereocenters. The maximum Gasteiger partial charge on any atom is 0.274 e. The summed E-state index contributed by atoms with van der Waals surface area (Å²) in [6.07, 6.45) is 3.42. The molecular formula is C7H8N4OS. The van der Waals surface area contributed by atoms with Crippen LogP contribution in [0, 0.1) is 0 Å². The zero-order valence-corrected chi connectivity index (χ0v) is 7.84. The summed E-state index contributed by atoms with van der Waals surface area (Å²) in [4.78, 5) is 19.5. The molecule has 0 saturated heterocycles. The average molecular weight is 196 g/mol. The van der Waals surface area contributed by atoms with Gasteiger partial charge < -0.3 is 0 Å². The molecule has 0 aromatic carbocycles. The van der Waals surface area contributed by atoms with Crippen molar-refractivity contribution in [1.29, 1.82) is 0 Å². The number of nitrogens with one attached hydrogen (secondary N) is 1. The van der Waals surface area contributed by atoms with Gasteiger partial charge >= 0.3 is 0 Å². The lowest BCUT2D eigenvalue weighted by Gasteiger charge is -1.96. The van der Waals surface area contributed by atoms with Gasteiger partial charge in [0.15, 0.2) is 0 Å². The third kappa shape index (κ3) is 1.44. The minimum absolute atomic E-state index is 0.119. The number of aromatic nitrogens is 4. The minimum atomic E-state index is -0.119. The van der Waals surface area contributed by atoms with E-state index in [0.29, 0.717) is 5.78 Å². The standard InChI is InChI=1S/C7H8N4OS/c1-13-3-5-2-6(12)11-7(10-5)8-4-9-11/h2,4H,3H2,1H3,(H,8,9,10). The van der Waals surface area contributed by atoms with Gasteiger partial charge in [0, 0.05) is 11.8 Å². The molecule has 5 nitrogen and oxygen atoms in total. The van der Waals surface area contributed by atoms with E-state index in [1.807, 2.05) is 6.26 Å². The Morgan fingerprint density at radius 1 is 1.69 bits per heavy atom. The Kier molecular flexibility index (Phi) is 2.05. The molecule has 2 aromatic heterocycles. The number of hydrogen-bond donors (Lipinski definition) is 1. The number of hydrogen-bond acceptors (Lipinski definition) is 4. The van der Waals surface area contributed by atoms with E-state index in [-0.39, 0.29) is 5.56 Å². The molecule has 1 N–H and O–H groups in total. The summed E-state index contributed by atoms with van der Waals surface area (Å²) >= 11 is 1.63. The Morgan fingerprint density at radius 3 is 3.31 bits per heavy atom. The molecule has 13 heavy (non-hydrogen) atoms. The van der Waals surface area contributed by atoms with Crippen LogP contribution in [0.5, 0.6) is 0 Å². The molecule has 0 saturated carbocycles. The lowest BCUT2D eigenvalue weighted by atomic mass is 10.4. The van der Waals surface area contributed by atoms with Crippen LogP contribution in [-0.4, -0.2) is 25.8 Å². The van der Waals surface area contributed by atoms with Crippen LogP contribution in [-0.2, 0) is 5.75 Å². The lowest BCUT2D eigenvalue weighted by molar-refractivity contribution is 0.887. The van der Waals surface area contributed by atoms with Gasteiger partial charge in [0.25, 0.3) is 11.3 Å². The van der Waals surface area contributed by atoms with E-state index in [1.54, 1.807) is 11.8 Å². The topological polar surface area (TPSA) is 63.0 Å². The molecule has 6 heteroatoms. The zero-order chi connectivity index (χ0) is 9.26. The van der Waals surface area contributed by atoms with Gasteiger partial charge in [-0.25, -0.2) is 9.97 Å². The number of thioether (sulfide) groups is 1. The largest absolute Gasteiger partial charge is 0.278 e. The Hall–Kier alpha value is -1.30. The Morgan fingerprint density at radius 2 is 2.54 bits per heavy atom. The maximum absolute atomic E-state index is 11.4. The summed E-state index contributed by atoms with van der Waals surface area (Å²) in [7, 11) is 0. The molecule has 0 amide bonds. The Balaban J connectivity index is 2.63. The van der Waals surface area contributed by atoms with Gasteiger partial charge in [0.2, 0.25) is 0 Å². The van der Waals surface area contributed by atoms with Gasteiger partial charge in [0.05, 0.1) is 5.69 Å². The Bertz CT molecular complexity index is 475. The van der Waals surface area contributed by atoms with E-state index >= 15 is 0 Å². The fourth-order valence-electron chi connectivity index (χ4n) is 1.09. The molecule has 0 aliphatic heterocycles. The first-order valence-electron chi connectivity index (χ1n) is 3.72. The molecule has 0 spiro atoms. The minimum Gasteiger partial charge on any atom is -0.278 e. The summed E-state index contributed by atoms with van der Waals surface area (Å²) < 4.78 is 1.31. The van der Waals surface area contributed by atoms with Crippen molar-refractivity contribution < 1.29 is 0 Å². The van der Waals surface area contributed by atoms with Crippen molar-refractivity contribution >= 4 is 17.5 Å². The van der Waals surface area contributed by atoms with E-state index < -0.39 is 0 Å². The highest BCUT2D eigenvalue weighted by atomic mass is 32.2. The number of rotatable bonds is 2. The number of aromatic amines is 1. The monoisotopic (exact) mass is 196 g/mol. The van der Waals surface area contributed by atoms with Gasteiger partial charge in [-0.15, -0.1) is 0 Å². The molecule has 0 radical (unpaired) electrons. The number of nitrogens with zero attached hydrogens (tertiary/aromatic N) is 3. The van der Waals surface area contributed by atoms with E-state index in [0.717, 1.165) is 11.4 Å². The second-order valence-corrected chi connectivity index (χ2v) is 3.41. The number of fused-ring (bicyclic) bond motifs is 1. The van der Waals surface area contributed by atoms with Gasteiger partial charge in [-0.2, -0.15) is 16.3 Å². The highest BCUT2D eigenvalue weighted by Gasteiger charge is 2.02. The normalized spacial score (nSPS) is 10.8. The van der Waals surface area contributed by atoms with Gasteiger partial charge in [-0.05, 0) is 6.26 Å². The van der Waals surface area contributed by atoms with Crippen molar-refractivity contribution in [2.75, 3.05) is 6.26 Å². The lowest BCUT2D eigenvalue weighted by Crippen LogP contribution is -2.15. The SMILES string of the molecule is CSCc1cc(=O)n2[nH]cnc2n1. The molecule has 68 valence electrons. The summed E-state index contributed by atoms with van der Waals surface area (Å²) in [5.74, 6) is 1.16. The summed E-state index contributed by atoms with van der Waals surface area (Å²) in [6, 6.07) is 1.52. The average Bonchev–Trinajstić information content (AvgIpc) is 2.53. The molecule has 2 heterocycles. The highest BCUT2D eigenvalue weighted by Crippen LogP contribution is 2.03. The summed E-state index contributed by atoms with van der Waals surface area (Å²) in [5, 5.41) is 2.68. The Labute approximate surface area is 78.2 Å². The first-order chi connectivity index (χ1) is 6.31. The van der Waals surface area contributed by atoms with Crippen LogP contribution >= 0.6 is 11.8 Å². The summed E-state index contributed by atoms with van der Waals surface area (Å²) in [5.41, 5.74) is 0.649. The van der Waals surface area contributed by atoms with Crippen molar-refractivity contribution in [3.8, 4) is 0 Å². The molecule has 0 fully saturated rings. The molecule has 0 bridgehead atoms. The van der Waals surface area contributed by atoms with Crippen molar-refractivity contribution in [3.05, 3.63) is 28.4 Å². The van der Waals surface area contributed by atoms with Crippen molar-refractivity contribution in [1.82, 2.24) is 19.6 Å². The van der Waals surface area contributed by atoms with Crippen LogP contribution in [0.4, 0.5) is 0 Å². The molecule has 0 aliphatic carbocycles. The summed E-state index contributed by atoms with van der Waals surface area (Å²) in [6.45, 7) is 0. The maximum atomic E-state index is 11.4. The second-order valence-electron chi connectivity index (χ2n) is 2.54. The molecule has 2 rings (SSSR count). The third-order valence-electron chi connectivity index (χ3n) is 1.61. The predicted octanol–water partition coefficient (Wildman–Crippen LogP) is 0.281. The first-order valence-corrected chi connectivity index (χ1v) is 5.11. The van der Waals surface area contributed by atoms with E-state index in [9.17, 15) is 4.79 Å². The number of H-pyrrole nitrogens is 1. The highest BCUT2D eigenvalue weighted by molar-refractivity contribution is 7.97. The third-order valence-corrected chi connectivity index (χ3v) is 2.20. The second kappa shape index (κ2) is 3.21. The van der Waals surface area contributed by atoms with E-state index in [4.69, 9.17) is 0 Å². The molecule has 2 aromatic rings. The van der Waals surface area contributed by atoms with Crippen LogP contribution in [0.3, 0.4) is 0 Å². The van der Waals surface area contributed by atoms with E-state index in [1.165, 1.54) is 16.9 Å². The fraction of sp³-hybridized carbons (Fsp3) is 0.286. The van der Waals surface area contributed by atoms with Crippen molar-refractivity contribution in [2.45, 2.75) is 5.75 Å². The first kappa shape index (κ1) is 8.31. The predicted molar refractivity (Wildman–Crippen MR) is 50.8 cm³/mol. The van der Waals surface area contributed by atoms with Crippen molar-refractivity contribution in [2.24, 2.45) is 0 Å². The fourth-order valence-corrected chi connectivity index (χ4v) is 1.53. The van der Waals surface area contributed by atoms with Crippen LogP contribution in [0.2, 0.25) is 0 Å². The molecular weight excluding hydrogens is 188 g/mol. The van der Waals surface area contributed by atoms with Gasteiger partial charge in [-0.1, -0.05) is 0 Å². The molecule has 0 aliphatic rings. The van der Waals surface area contributed by atoms with Gasteiger partial charge in [0.1, 0.15) is 6.33 Å².